The lowest BCUT2D eigenvalue weighted by Crippen LogP contribution is -1.95. The van der Waals surface area contributed by atoms with E-state index in [0.717, 1.165) is 12.8 Å². The molecule has 0 atom stereocenters. The third-order valence-electron chi connectivity index (χ3n) is 1.91. The summed E-state index contributed by atoms with van der Waals surface area (Å²) in [6.07, 6.45) is 5.69. The van der Waals surface area contributed by atoms with Crippen molar-refractivity contribution in [2.45, 2.75) is 38.5 Å². The van der Waals surface area contributed by atoms with Crippen molar-refractivity contribution in [2.24, 2.45) is 0 Å². The third kappa shape index (κ3) is 1.94. The molecular formula is C8H14O2. The molecule has 2 N–H and O–H groups in total. The lowest BCUT2D eigenvalue weighted by molar-refractivity contribution is 0.285. The van der Waals surface area contributed by atoms with E-state index in [1.807, 2.05) is 0 Å². The second-order valence-corrected chi connectivity index (χ2v) is 2.81. The van der Waals surface area contributed by atoms with Gasteiger partial charge in [0, 0.05) is 12.8 Å². The molecule has 0 spiro atoms. The molecule has 2 nitrogen and oxygen atoms in total. The smallest absolute Gasteiger partial charge is 0.129 e. The van der Waals surface area contributed by atoms with Crippen LogP contribution in [0.5, 0.6) is 0 Å². The standard InChI is InChI=1S/C8H14O2/c9-7-5-3-1-2-4-6-8(7)10/h9-10H,1-6H2/b8-7+. The van der Waals surface area contributed by atoms with Crippen LogP contribution in [0, 0.1) is 0 Å². The molecule has 0 heterocycles. The Hall–Kier alpha value is -0.660. The average molecular weight is 142 g/mol. The van der Waals surface area contributed by atoms with Crippen LogP contribution in [0.1, 0.15) is 38.5 Å². The van der Waals surface area contributed by atoms with E-state index in [-0.39, 0.29) is 11.5 Å². The molecule has 0 aromatic carbocycles. The summed E-state index contributed by atoms with van der Waals surface area (Å²) in [4.78, 5) is 0. The first-order valence-corrected chi connectivity index (χ1v) is 3.90. The number of allylic oxidation sites excluding steroid dienone is 2. The Kier molecular flexibility index (Phi) is 2.60. The molecule has 1 aliphatic rings. The quantitative estimate of drug-likeness (QED) is 0.546. The topological polar surface area (TPSA) is 40.5 Å². The van der Waals surface area contributed by atoms with Crippen molar-refractivity contribution in [1.29, 1.82) is 0 Å². The van der Waals surface area contributed by atoms with E-state index in [4.69, 9.17) is 10.2 Å². The Morgan fingerprint density at radius 2 is 1.10 bits per heavy atom. The second-order valence-electron chi connectivity index (χ2n) is 2.81. The first-order valence-electron chi connectivity index (χ1n) is 3.90. The van der Waals surface area contributed by atoms with Crippen molar-refractivity contribution in [2.75, 3.05) is 0 Å². The highest BCUT2D eigenvalue weighted by Gasteiger charge is 2.06. The summed E-state index contributed by atoms with van der Waals surface area (Å²) >= 11 is 0. The van der Waals surface area contributed by atoms with Gasteiger partial charge in [-0.3, -0.25) is 0 Å². The Morgan fingerprint density at radius 1 is 0.700 bits per heavy atom. The maximum absolute atomic E-state index is 9.11. The summed E-state index contributed by atoms with van der Waals surface area (Å²) in [5.41, 5.74) is 0. The van der Waals surface area contributed by atoms with E-state index in [2.05, 4.69) is 0 Å². The normalized spacial score (nSPS) is 29.2. The molecule has 1 aliphatic carbocycles. The van der Waals surface area contributed by atoms with E-state index >= 15 is 0 Å². The summed E-state index contributed by atoms with van der Waals surface area (Å²) in [7, 11) is 0. The van der Waals surface area contributed by atoms with Gasteiger partial charge in [0.25, 0.3) is 0 Å². The van der Waals surface area contributed by atoms with Crippen LogP contribution in [0.4, 0.5) is 0 Å². The van der Waals surface area contributed by atoms with Crippen molar-refractivity contribution in [1.82, 2.24) is 0 Å². The minimum Gasteiger partial charge on any atom is -0.509 e. The molecule has 0 unspecified atom stereocenters. The van der Waals surface area contributed by atoms with Gasteiger partial charge >= 0.3 is 0 Å². The van der Waals surface area contributed by atoms with E-state index in [1.54, 1.807) is 0 Å². The predicted molar refractivity (Wildman–Crippen MR) is 40.0 cm³/mol. The number of aliphatic hydroxyl groups excluding tert-OH is 2. The zero-order valence-corrected chi connectivity index (χ0v) is 6.14. The van der Waals surface area contributed by atoms with Crippen LogP contribution >= 0.6 is 0 Å². The van der Waals surface area contributed by atoms with Gasteiger partial charge in [0.05, 0.1) is 0 Å². The monoisotopic (exact) mass is 142 g/mol. The molecule has 10 heavy (non-hydrogen) atoms. The Balaban J connectivity index is 2.51. The lowest BCUT2D eigenvalue weighted by Gasteiger charge is -2.08. The van der Waals surface area contributed by atoms with E-state index in [9.17, 15) is 0 Å². The Labute approximate surface area is 61.2 Å². The summed E-state index contributed by atoms with van der Waals surface area (Å²) in [6.45, 7) is 0. The second kappa shape index (κ2) is 3.49. The summed E-state index contributed by atoms with van der Waals surface area (Å²) < 4.78 is 0. The van der Waals surface area contributed by atoms with Crippen LogP contribution in [0.2, 0.25) is 0 Å². The molecule has 58 valence electrons. The molecule has 0 radical (unpaired) electrons. The minimum absolute atomic E-state index is 0.208. The van der Waals surface area contributed by atoms with Gasteiger partial charge in [-0.15, -0.1) is 0 Å². The molecule has 1 rings (SSSR count). The van der Waals surface area contributed by atoms with Crippen LogP contribution in [-0.4, -0.2) is 10.2 Å². The van der Waals surface area contributed by atoms with Gasteiger partial charge in [-0.05, 0) is 12.8 Å². The number of hydrogen-bond donors (Lipinski definition) is 2. The molecule has 0 aromatic heterocycles. The van der Waals surface area contributed by atoms with Gasteiger partial charge in [-0.1, -0.05) is 12.8 Å². The summed E-state index contributed by atoms with van der Waals surface area (Å²) in [5, 5.41) is 18.2. The summed E-state index contributed by atoms with van der Waals surface area (Å²) in [6, 6.07) is 0. The van der Waals surface area contributed by atoms with Crippen molar-refractivity contribution < 1.29 is 10.2 Å². The zero-order valence-electron chi connectivity index (χ0n) is 6.14. The third-order valence-corrected chi connectivity index (χ3v) is 1.91. The fourth-order valence-corrected chi connectivity index (χ4v) is 1.23. The van der Waals surface area contributed by atoms with Crippen LogP contribution in [-0.2, 0) is 0 Å². The van der Waals surface area contributed by atoms with Crippen molar-refractivity contribution >= 4 is 0 Å². The fraction of sp³-hybridized carbons (Fsp3) is 0.750. The highest BCUT2D eigenvalue weighted by Crippen LogP contribution is 2.18. The van der Waals surface area contributed by atoms with Crippen molar-refractivity contribution in [3.63, 3.8) is 0 Å². The number of rotatable bonds is 0. The lowest BCUT2D eigenvalue weighted by atomic mass is 10.0. The van der Waals surface area contributed by atoms with Crippen LogP contribution < -0.4 is 0 Å². The predicted octanol–water partition coefficient (Wildman–Crippen LogP) is 2.67. The Bertz CT molecular complexity index is 122. The van der Waals surface area contributed by atoms with E-state index < -0.39 is 0 Å². The highest BCUT2D eigenvalue weighted by atomic mass is 16.3. The van der Waals surface area contributed by atoms with Crippen LogP contribution in [0.3, 0.4) is 0 Å². The van der Waals surface area contributed by atoms with E-state index in [1.165, 1.54) is 12.8 Å². The molecule has 0 saturated heterocycles. The minimum atomic E-state index is 0.208. The first-order chi connectivity index (χ1) is 4.80. The molecule has 0 aromatic rings. The largest absolute Gasteiger partial charge is 0.509 e. The zero-order chi connectivity index (χ0) is 7.40. The van der Waals surface area contributed by atoms with Gasteiger partial charge in [0.2, 0.25) is 0 Å². The first kappa shape index (κ1) is 7.45. The maximum atomic E-state index is 9.11. The molecule has 0 bridgehead atoms. The van der Waals surface area contributed by atoms with Crippen molar-refractivity contribution in [3.05, 3.63) is 11.5 Å². The van der Waals surface area contributed by atoms with Gasteiger partial charge in [-0.2, -0.15) is 0 Å². The SMILES string of the molecule is O/C1=C(/O)CCCCCC1. The average Bonchev–Trinajstić information content (AvgIpc) is 1.92. The maximum Gasteiger partial charge on any atom is 0.129 e. The van der Waals surface area contributed by atoms with Gasteiger partial charge in [0.1, 0.15) is 11.5 Å². The molecule has 0 saturated carbocycles. The van der Waals surface area contributed by atoms with Gasteiger partial charge in [-0.25, -0.2) is 0 Å². The Morgan fingerprint density at radius 3 is 1.50 bits per heavy atom. The molecular weight excluding hydrogens is 128 g/mol. The number of hydrogen-bond acceptors (Lipinski definition) is 2. The van der Waals surface area contributed by atoms with Crippen LogP contribution in [0.15, 0.2) is 11.5 Å². The summed E-state index contributed by atoms with van der Waals surface area (Å²) in [5.74, 6) is 0.416. The van der Waals surface area contributed by atoms with Gasteiger partial charge < -0.3 is 10.2 Å². The molecule has 0 aliphatic heterocycles. The molecule has 0 fully saturated rings. The molecule has 0 amide bonds. The number of aliphatic hydroxyl groups is 2. The van der Waals surface area contributed by atoms with Crippen LogP contribution in [0.25, 0.3) is 0 Å². The van der Waals surface area contributed by atoms with Gasteiger partial charge in [0.15, 0.2) is 0 Å². The highest BCUT2D eigenvalue weighted by molar-refractivity contribution is 4.98. The van der Waals surface area contributed by atoms with E-state index in [0.29, 0.717) is 12.8 Å². The fourth-order valence-electron chi connectivity index (χ4n) is 1.23. The van der Waals surface area contributed by atoms with Crippen molar-refractivity contribution in [3.8, 4) is 0 Å². The molecule has 2 heteroatoms.